The molecule has 0 saturated heterocycles. The Bertz CT molecular complexity index is 545. The zero-order valence-corrected chi connectivity index (χ0v) is 13.2. The normalized spacial score (nSPS) is 16.9. The Kier molecular flexibility index (Phi) is 3.31. The topological polar surface area (TPSA) is 55.9 Å². The predicted molar refractivity (Wildman–Crippen MR) is 84.4 cm³/mol. The molecule has 108 valence electrons. The van der Waals surface area contributed by atoms with Gasteiger partial charge in [0.05, 0.1) is 6.21 Å². The molecule has 6 nitrogen and oxygen atoms in total. The quantitative estimate of drug-likeness (QED) is 0.645. The standard InChI is InChI=1S/C13H21N5OSi/c1-20(2,3)7-6-19-10-17-9-11-8-15-16-18(11)12-4-5-14-13(12)17/h4-5,8-9,14,16H,6-7,10H2,1-3H3. The molecule has 3 rings (SSSR count). The van der Waals surface area contributed by atoms with Crippen molar-refractivity contribution in [3.8, 4) is 0 Å². The molecule has 0 bridgehead atoms. The molecule has 0 fully saturated rings. The zero-order valence-electron chi connectivity index (χ0n) is 12.2. The van der Waals surface area contributed by atoms with E-state index in [1.165, 1.54) is 6.04 Å². The van der Waals surface area contributed by atoms with Crippen molar-refractivity contribution in [1.29, 1.82) is 0 Å². The monoisotopic (exact) mass is 291 g/mol. The number of hydrogen-bond donors (Lipinski definition) is 2. The number of rotatable bonds is 5. The number of hydrazone groups is 1. The van der Waals surface area contributed by atoms with Crippen molar-refractivity contribution >= 4 is 25.8 Å². The molecule has 0 radical (unpaired) electrons. The van der Waals surface area contributed by atoms with Gasteiger partial charge in [-0.2, -0.15) is 5.10 Å². The van der Waals surface area contributed by atoms with E-state index in [0.29, 0.717) is 6.73 Å². The summed E-state index contributed by atoms with van der Waals surface area (Å²) in [5.74, 6) is 1.03. The number of nitrogens with one attached hydrogen (secondary N) is 2. The van der Waals surface area contributed by atoms with Gasteiger partial charge in [-0.25, -0.2) is 10.5 Å². The highest BCUT2D eigenvalue weighted by Gasteiger charge is 2.27. The molecule has 0 spiro atoms. The van der Waals surface area contributed by atoms with Crippen LogP contribution in [0.2, 0.25) is 25.7 Å². The van der Waals surface area contributed by atoms with Gasteiger partial charge in [0.2, 0.25) is 0 Å². The van der Waals surface area contributed by atoms with Gasteiger partial charge in [0, 0.05) is 27.1 Å². The number of aromatic amines is 1. The van der Waals surface area contributed by atoms with Crippen molar-refractivity contribution in [2.24, 2.45) is 5.10 Å². The molecule has 1 aromatic heterocycles. The van der Waals surface area contributed by atoms with E-state index < -0.39 is 8.07 Å². The fraction of sp³-hybridized carbons (Fsp3) is 0.462. The third-order valence-corrected chi connectivity index (χ3v) is 5.06. The Morgan fingerprint density at radius 2 is 2.20 bits per heavy atom. The van der Waals surface area contributed by atoms with Crippen LogP contribution in [0.3, 0.4) is 0 Å². The third-order valence-electron chi connectivity index (χ3n) is 3.36. The first-order chi connectivity index (χ1) is 9.54. The predicted octanol–water partition coefficient (Wildman–Crippen LogP) is 2.30. The molecule has 20 heavy (non-hydrogen) atoms. The molecular formula is C13H21N5OSi. The number of ether oxygens (including phenoxy) is 1. The number of hydrazine groups is 1. The van der Waals surface area contributed by atoms with Crippen LogP contribution in [0.1, 0.15) is 0 Å². The van der Waals surface area contributed by atoms with Crippen LogP contribution in [-0.4, -0.2) is 32.6 Å². The second kappa shape index (κ2) is 4.99. The zero-order chi connectivity index (χ0) is 14.2. The molecule has 0 saturated carbocycles. The summed E-state index contributed by atoms with van der Waals surface area (Å²) in [4.78, 5) is 5.34. The Labute approximate surface area is 120 Å². The number of nitrogens with zero attached hydrogens (tertiary/aromatic N) is 3. The molecule has 0 atom stereocenters. The molecule has 2 aliphatic rings. The second-order valence-corrected chi connectivity index (χ2v) is 11.9. The van der Waals surface area contributed by atoms with Gasteiger partial charge in [0.15, 0.2) is 0 Å². The van der Waals surface area contributed by atoms with Gasteiger partial charge >= 0.3 is 0 Å². The van der Waals surface area contributed by atoms with Gasteiger partial charge in [-0.15, -0.1) is 0 Å². The SMILES string of the molecule is C[Si](C)(C)CCOCN1C=C2C=NNN2c2cc[nH]c21. The van der Waals surface area contributed by atoms with Crippen molar-refractivity contribution in [3.05, 3.63) is 24.2 Å². The van der Waals surface area contributed by atoms with Crippen molar-refractivity contribution in [3.63, 3.8) is 0 Å². The van der Waals surface area contributed by atoms with E-state index in [0.717, 1.165) is 23.8 Å². The van der Waals surface area contributed by atoms with Crippen LogP contribution in [0.15, 0.2) is 29.3 Å². The van der Waals surface area contributed by atoms with Crippen LogP contribution in [0.25, 0.3) is 0 Å². The summed E-state index contributed by atoms with van der Waals surface area (Å²) in [5, 5.41) is 6.03. The average Bonchev–Trinajstić information content (AvgIpc) is 3.00. The average molecular weight is 291 g/mol. The van der Waals surface area contributed by atoms with Crippen molar-refractivity contribution in [2.75, 3.05) is 23.2 Å². The Balaban J connectivity index is 1.65. The summed E-state index contributed by atoms with van der Waals surface area (Å²) in [6.45, 7) is 8.47. The van der Waals surface area contributed by atoms with Crippen LogP contribution < -0.4 is 15.4 Å². The molecule has 2 aliphatic heterocycles. The fourth-order valence-corrected chi connectivity index (χ4v) is 2.94. The van der Waals surface area contributed by atoms with Gasteiger partial charge in [0.1, 0.15) is 23.9 Å². The molecule has 0 aliphatic carbocycles. The van der Waals surface area contributed by atoms with E-state index in [9.17, 15) is 0 Å². The lowest BCUT2D eigenvalue weighted by atomic mass is 10.3. The first-order valence-electron chi connectivity index (χ1n) is 6.87. The lowest BCUT2D eigenvalue weighted by Gasteiger charge is -2.30. The largest absolute Gasteiger partial charge is 0.361 e. The lowest BCUT2D eigenvalue weighted by molar-refractivity contribution is 0.152. The minimum absolute atomic E-state index is 0.559. The molecule has 7 heteroatoms. The van der Waals surface area contributed by atoms with E-state index >= 15 is 0 Å². The Hall–Kier alpha value is -1.73. The van der Waals surface area contributed by atoms with Crippen LogP contribution in [0, 0.1) is 0 Å². The highest BCUT2D eigenvalue weighted by molar-refractivity contribution is 6.76. The number of H-pyrrole nitrogens is 1. The number of allylic oxidation sites excluding steroid dienone is 1. The molecule has 0 aromatic carbocycles. The number of aromatic nitrogens is 1. The maximum absolute atomic E-state index is 5.84. The summed E-state index contributed by atoms with van der Waals surface area (Å²) < 4.78 is 5.84. The van der Waals surface area contributed by atoms with Gasteiger partial charge in [-0.3, -0.25) is 0 Å². The number of hydrogen-bond acceptors (Lipinski definition) is 5. The van der Waals surface area contributed by atoms with E-state index in [2.05, 4.69) is 40.2 Å². The third kappa shape index (κ3) is 2.59. The molecule has 3 heterocycles. The van der Waals surface area contributed by atoms with Crippen LogP contribution in [0.4, 0.5) is 11.5 Å². The second-order valence-electron chi connectivity index (χ2n) is 6.28. The molecule has 1 aromatic rings. The van der Waals surface area contributed by atoms with Gasteiger partial charge in [-0.05, 0) is 12.1 Å². The maximum atomic E-state index is 5.84. The highest BCUT2D eigenvalue weighted by Crippen LogP contribution is 2.34. The first kappa shape index (κ1) is 13.3. The van der Waals surface area contributed by atoms with Gasteiger partial charge in [0.25, 0.3) is 0 Å². The van der Waals surface area contributed by atoms with Crippen molar-refractivity contribution in [2.45, 2.75) is 25.7 Å². The smallest absolute Gasteiger partial charge is 0.138 e. The highest BCUT2D eigenvalue weighted by atomic mass is 28.3. The summed E-state index contributed by atoms with van der Waals surface area (Å²) in [6, 6.07) is 3.21. The number of anilines is 2. The number of fused-ring (bicyclic) bond motifs is 3. The van der Waals surface area contributed by atoms with Crippen LogP contribution >= 0.6 is 0 Å². The summed E-state index contributed by atoms with van der Waals surface area (Å²) >= 11 is 0. The van der Waals surface area contributed by atoms with E-state index in [-0.39, 0.29) is 0 Å². The molecular weight excluding hydrogens is 270 g/mol. The van der Waals surface area contributed by atoms with Crippen molar-refractivity contribution in [1.82, 2.24) is 10.5 Å². The lowest BCUT2D eigenvalue weighted by Crippen LogP contribution is -2.36. The van der Waals surface area contributed by atoms with Gasteiger partial charge in [-0.1, -0.05) is 19.6 Å². The summed E-state index contributed by atoms with van der Waals surface area (Å²) in [5.41, 5.74) is 5.04. The minimum Gasteiger partial charge on any atom is -0.361 e. The van der Waals surface area contributed by atoms with Crippen LogP contribution in [0.5, 0.6) is 0 Å². The van der Waals surface area contributed by atoms with E-state index in [1.807, 2.05) is 29.7 Å². The van der Waals surface area contributed by atoms with Crippen molar-refractivity contribution < 1.29 is 4.74 Å². The summed E-state index contributed by atoms with van der Waals surface area (Å²) in [6.07, 6.45) is 5.78. The van der Waals surface area contributed by atoms with E-state index in [1.54, 1.807) is 0 Å². The molecule has 0 unspecified atom stereocenters. The molecule has 2 N–H and O–H groups in total. The summed E-state index contributed by atoms with van der Waals surface area (Å²) in [7, 11) is -1.03. The Morgan fingerprint density at radius 3 is 3.00 bits per heavy atom. The fourth-order valence-electron chi connectivity index (χ4n) is 2.18. The van der Waals surface area contributed by atoms with Gasteiger partial charge < -0.3 is 14.6 Å². The first-order valence-corrected chi connectivity index (χ1v) is 10.6. The Morgan fingerprint density at radius 1 is 1.35 bits per heavy atom. The molecule has 0 amide bonds. The van der Waals surface area contributed by atoms with E-state index in [4.69, 9.17) is 4.74 Å². The maximum Gasteiger partial charge on any atom is 0.138 e. The minimum atomic E-state index is -1.03. The van der Waals surface area contributed by atoms with Crippen LogP contribution in [-0.2, 0) is 4.74 Å².